The van der Waals surface area contributed by atoms with E-state index in [1.165, 1.54) is 25.8 Å². The molecule has 1 atom stereocenters. The van der Waals surface area contributed by atoms with Gasteiger partial charge in [0.1, 0.15) is 5.75 Å². The first-order valence-corrected chi connectivity index (χ1v) is 13.8. The van der Waals surface area contributed by atoms with Crippen molar-refractivity contribution >= 4 is 29.2 Å². The molecule has 0 fully saturated rings. The number of carbonyl (C=O) groups is 4. The van der Waals surface area contributed by atoms with Crippen LogP contribution in [0.15, 0.2) is 78.9 Å². The van der Waals surface area contributed by atoms with Gasteiger partial charge in [-0.15, -0.1) is 6.58 Å². The lowest BCUT2D eigenvalue weighted by Gasteiger charge is -2.07. The number of ether oxygens (including phenoxy) is 1. The van der Waals surface area contributed by atoms with Gasteiger partial charge in [0.05, 0.1) is 13.2 Å². The number of aliphatic hydroxyl groups is 1. The first kappa shape index (κ1) is 58.0. The van der Waals surface area contributed by atoms with Crippen LogP contribution in [0.2, 0.25) is 0 Å². The number of Topliss-reactive ketones (excluding diaryl/α,β-unsaturated/α-hetero) is 1. The molecule has 6 nitrogen and oxygen atoms in total. The van der Waals surface area contributed by atoms with Crippen LogP contribution >= 0.6 is 0 Å². The minimum Gasteiger partial charge on any atom is -0.497 e. The van der Waals surface area contributed by atoms with E-state index in [1.54, 1.807) is 45.3 Å². The highest BCUT2D eigenvalue weighted by atomic mass is 16.5. The van der Waals surface area contributed by atoms with Gasteiger partial charge in [-0.2, -0.15) is 0 Å². The molecule has 0 radical (unpaired) electrons. The van der Waals surface area contributed by atoms with E-state index < -0.39 is 0 Å². The van der Waals surface area contributed by atoms with Crippen molar-refractivity contribution in [3.63, 3.8) is 0 Å². The molecular weight excluding hydrogens is 576 g/mol. The summed E-state index contributed by atoms with van der Waals surface area (Å²) >= 11 is 0. The number of carbonyl (C=O) groups excluding carboxylic acids is 4. The number of methoxy groups -OCH3 is 1. The lowest BCUT2D eigenvalue weighted by molar-refractivity contribution is -0.115. The molecule has 1 unspecified atom stereocenters. The average Bonchev–Trinajstić information content (AvgIpc) is 3.45. The molecule has 1 aromatic carbocycles. The molecule has 266 valence electrons. The molecular formula is C40H70O6. The number of aliphatic hydroxyl groups excluding tert-OH is 1. The smallest absolute Gasteiger partial charge is 0.155 e. The van der Waals surface area contributed by atoms with E-state index in [2.05, 4.69) is 12.7 Å². The summed E-state index contributed by atoms with van der Waals surface area (Å²) in [4.78, 5) is 41.9. The monoisotopic (exact) mass is 647 g/mol. The van der Waals surface area contributed by atoms with E-state index in [1.807, 2.05) is 36.4 Å². The second-order valence-corrected chi connectivity index (χ2v) is 9.39. The molecule has 1 N–H and O–H groups in total. The molecule has 3 aliphatic rings. The Morgan fingerprint density at radius 3 is 1.59 bits per heavy atom. The molecule has 0 bridgehead atoms. The van der Waals surface area contributed by atoms with Crippen LogP contribution in [0.3, 0.4) is 0 Å². The molecule has 3 aliphatic carbocycles. The van der Waals surface area contributed by atoms with Crippen molar-refractivity contribution in [2.45, 2.75) is 129 Å². The predicted molar refractivity (Wildman–Crippen MR) is 204 cm³/mol. The molecule has 0 saturated heterocycles. The average molecular weight is 647 g/mol. The fourth-order valence-corrected chi connectivity index (χ4v) is 3.30. The number of benzene rings is 1. The molecule has 4 rings (SSSR count). The second kappa shape index (κ2) is 37.5. The Balaban J connectivity index is -0.0000000830. The van der Waals surface area contributed by atoms with Crippen LogP contribution in [0.5, 0.6) is 5.75 Å². The largest absolute Gasteiger partial charge is 0.497 e. The molecule has 0 aromatic heterocycles. The van der Waals surface area contributed by atoms with E-state index in [-0.39, 0.29) is 73.8 Å². The number of hydrogen-bond acceptors (Lipinski definition) is 6. The van der Waals surface area contributed by atoms with Gasteiger partial charge in [-0.3, -0.25) is 19.2 Å². The molecule has 0 amide bonds. The lowest BCUT2D eigenvalue weighted by atomic mass is 9.97. The van der Waals surface area contributed by atoms with E-state index in [0.717, 1.165) is 61.8 Å². The molecule has 1 aromatic rings. The SMILES string of the molecule is C.C.C.C.C.C.C=CC(C)O.CC(=O)C1=CCCCC1.COc1ccc(/C=C/C(C)=O)cc1.O=C1C=CCC1.O=C1C=CCCC1. The highest BCUT2D eigenvalue weighted by molar-refractivity contribution is 5.93. The van der Waals surface area contributed by atoms with E-state index in [0.29, 0.717) is 0 Å². The van der Waals surface area contributed by atoms with Crippen LogP contribution < -0.4 is 4.74 Å². The summed E-state index contributed by atoms with van der Waals surface area (Å²) in [6.07, 6.45) is 22.8. The van der Waals surface area contributed by atoms with Gasteiger partial charge >= 0.3 is 0 Å². The lowest BCUT2D eigenvalue weighted by Crippen LogP contribution is -2.00. The van der Waals surface area contributed by atoms with Gasteiger partial charge in [-0.1, -0.05) is 87.1 Å². The third-order valence-electron chi connectivity index (χ3n) is 5.67. The third-order valence-corrected chi connectivity index (χ3v) is 5.67. The maximum absolute atomic E-state index is 10.7. The maximum Gasteiger partial charge on any atom is 0.155 e. The van der Waals surface area contributed by atoms with E-state index in [9.17, 15) is 19.2 Å². The summed E-state index contributed by atoms with van der Waals surface area (Å²) in [5, 5.41) is 8.24. The minimum absolute atomic E-state index is 0. The summed E-state index contributed by atoms with van der Waals surface area (Å²) in [6, 6.07) is 7.52. The van der Waals surface area contributed by atoms with Gasteiger partial charge < -0.3 is 9.84 Å². The molecule has 6 heteroatoms. The van der Waals surface area contributed by atoms with E-state index in [4.69, 9.17) is 9.84 Å². The molecule has 0 heterocycles. The van der Waals surface area contributed by atoms with Gasteiger partial charge in [-0.05, 0) is 107 Å². The van der Waals surface area contributed by atoms with Gasteiger partial charge in [0, 0.05) is 12.8 Å². The first-order valence-electron chi connectivity index (χ1n) is 13.8. The topological polar surface area (TPSA) is 97.7 Å². The maximum atomic E-state index is 10.7. The van der Waals surface area contributed by atoms with Gasteiger partial charge in [-0.25, -0.2) is 0 Å². The fourth-order valence-electron chi connectivity index (χ4n) is 3.30. The number of hydrogen-bond donors (Lipinski definition) is 1. The first-order chi connectivity index (χ1) is 19.1. The Bertz CT molecular complexity index is 1040. The Morgan fingerprint density at radius 1 is 0.804 bits per heavy atom. The van der Waals surface area contributed by atoms with Gasteiger partial charge in [0.2, 0.25) is 0 Å². The highest BCUT2D eigenvalue weighted by Crippen LogP contribution is 2.17. The van der Waals surface area contributed by atoms with Crippen LogP contribution in [0.4, 0.5) is 0 Å². The zero-order chi connectivity index (χ0) is 30.2. The summed E-state index contributed by atoms with van der Waals surface area (Å²) in [7, 11) is 1.63. The third kappa shape index (κ3) is 34.8. The minimum atomic E-state index is -0.352. The van der Waals surface area contributed by atoms with Crippen molar-refractivity contribution < 1.29 is 29.0 Å². The van der Waals surface area contributed by atoms with Crippen molar-refractivity contribution in [2.24, 2.45) is 0 Å². The summed E-state index contributed by atoms with van der Waals surface area (Å²) < 4.78 is 5.00. The van der Waals surface area contributed by atoms with Crippen LogP contribution in [-0.4, -0.2) is 41.5 Å². The zero-order valence-electron chi connectivity index (χ0n) is 24.6. The Hall–Kier alpha value is -3.64. The summed E-state index contributed by atoms with van der Waals surface area (Å²) in [6.45, 7) is 8.15. The van der Waals surface area contributed by atoms with Crippen molar-refractivity contribution in [1.82, 2.24) is 0 Å². The van der Waals surface area contributed by atoms with Crippen molar-refractivity contribution in [3.05, 3.63) is 84.5 Å². The zero-order valence-corrected chi connectivity index (χ0v) is 24.6. The quantitative estimate of drug-likeness (QED) is 0.252. The van der Waals surface area contributed by atoms with Crippen molar-refractivity contribution in [3.8, 4) is 5.75 Å². The van der Waals surface area contributed by atoms with Gasteiger partial charge in [0.25, 0.3) is 0 Å². The van der Waals surface area contributed by atoms with Crippen LogP contribution in [0.1, 0.15) is 129 Å². The number of allylic oxidation sites excluding steroid dienone is 7. The second-order valence-electron chi connectivity index (χ2n) is 9.39. The van der Waals surface area contributed by atoms with Gasteiger partial charge in [0.15, 0.2) is 23.1 Å². The Labute approximate surface area is 284 Å². The van der Waals surface area contributed by atoms with Crippen LogP contribution in [0, 0.1) is 0 Å². The van der Waals surface area contributed by atoms with E-state index >= 15 is 0 Å². The number of rotatable bonds is 5. The van der Waals surface area contributed by atoms with Crippen LogP contribution in [0.25, 0.3) is 6.08 Å². The molecule has 0 aliphatic heterocycles. The predicted octanol–water partition coefficient (Wildman–Crippen LogP) is 10.9. The number of ketones is 4. The highest BCUT2D eigenvalue weighted by Gasteiger charge is 2.06. The molecule has 0 spiro atoms. The fraction of sp³-hybridized carbons (Fsp3) is 0.500. The molecule has 0 saturated carbocycles. The standard InChI is InChI=1S/C11H12O2.C8H12O.C6H8O.C5H6O.C4H8O.6CH4/c1-9(12)3-4-10-5-7-11(13-2)8-6-10;1-7(9)8-5-3-2-4-6-8;7-6-4-2-1-3-5-6;6-5-3-1-2-4-5;1-3-4(2)5;;;;;;/h3-8H,1-2H3;5H,2-4,6H2,1H3;2,4H,1,3,5H2;1,3H,2,4H2;3-5H,1H2,2H3;6*1H4/b4-3+;;;;;;;;;;. The normalized spacial score (nSPS) is 13.8. The van der Waals surface area contributed by atoms with Crippen LogP contribution in [-0.2, 0) is 19.2 Å². The Morgan fingerprint density at radius 2 is 1.33 bits per heavy atom. The molecule has 46 heavy (non-hydrogen) atoms. The van der Waals surface area contributed by atoms with Crippen molar-refractivity contribution in [1.29, 1.82) is 0 Å². The van der Waals surface area contributed by atoms with Crippen molar-refractivity contribution in [2.75, 3.05) is 7.11 Å². The summed E-state index contributed by atoms with van der Waals surface area (Å²) in [5.74, 6) is 1.69. The Kier molecular flexibility index (Phi) is 47.3. The summed E-state index contributed by atoms with van der Waals surface area (Å²) in [5.41, 5.74) is 2.04.